The van der Waals surface area contributed by atoms with E-state index in [0.29, 0.717) is 0 Å². The largest absolute Gasteiger partial charge is 0.0654 e. The highest BCUT2D eigenvalue weighted by molar-refractivity contribution is 5.05. The summed E-state index contributed by atoms with van der Waals surface area (Å²) < 4.78 is 0. The van der Waals surface area contributed by atoms with Crippen molar-refractivity contribution in [2.75, 3.05) is 0 Å². The van der Waals surface area contributed by atoms with Crippen LogP contribution in [0.4, 0.5) is 0 Å². The molecule has 0 N–H and O–H groups in total. The van der Waals surface area contributed by atoms with Crippen molar-refractivity contribution in [3.8, 4) is 0 Å². The van der Waals surface area contributed by atoms with E-state index in [0.717, 1.165) is 34.5 Å². The molecule has 0 aromatic heterocycles. The van der Waals surface area contributed by atoms with Gasteiger partial charge in [0.1, 0.15) is 0 Å². The van der Waals surface area contributed by atoms with Gasteiger partial charge in [-0.05, 0) is 98.7 Å². The van der Waals surface area contributed by atoms with Crippen LogP contribution in [0.15, 0.2) is 0 Å². The third kappa shape index (κ3) is 4.37. The summed E-state index contributed by atoms with van der Waals surface area (Å²) >= 11 is 0. The van der Waals surface area contributed by atoms with E-state index in [4.69, 9.17) is 0 Å². The van der Waals surface area contributed by atoms with Crippen molar-refractivity contribution in [1.82, 2.24) is 0 Å². The van der Waals surface area contributed by atoms with Gasteiger partial charge >= 0.3 is 0 Å². The summed E-state index contributed by atoms with van der Waals surface area (Å²) in [7, 11) is 0. The fourth-order valence-electron chi connectivity index (χ4n) is 8.69. The topological polar surface area (TPSA) is 0 Å². The number of unbranched alkanes of at least 4 members (excludes halogenated alkanes) is 2. The molecule has 0 spiro atoms. The van der Waals surface area contributed by atoms with Crippen molar-refractivity contribution < 1.29 is 0 Å². The summed E-state index contributed by atoms with van der Waals surface area (Å²) in [6.07, 6.45) is 31.1. The van der Waals surface area contributed by atoms with Crippen molar-refractivity contribution in [3.05, 3.63) is 0 Å². The van der Waals surface area contributed by atoms with Crippen molar-refractivity contribution >= 4 is 0 Å². The summed E-state index contributed by atoms with van der Waals surface area (Å²) in [6.45, 7) is 4.73. The second kappa shape index (κ2) is 9.43. The Morgan fingerprint density at radius 1 is 0.500 bits per heavy atom. The molecule has 0 saturated heterocycles. The summed E-state index contributed by atoms with van der Waals surface area (Å²) in [5.41, 5.74) is 1.60. The van der Waals surface area contributed by atoms with Crippen LogP contribution in [0.25, 0.3) is 0 Å². The number of hydrogen-bond donors (Lipinski definition) is 0. The molecule has 0 radical (unpaired) electrons. The molecule has 0 aromatic rings. The zero-order valence-electron chi connectivity index (χ0n) is 19.5. The van der Waals surface area contributed by atoms with E-state index in [1.807, 2.05) is 0 Å². The van der Waals surface area contributed by atoms with Gasteiger partial charge in [0.2, 0.25) is 0 Å². The first-order chi connectivity index (χ1) is 13.7. The van der Waals surface area contributed by atoms with Crippen molar-refractivity contribution in [1.29, 1.82) is 0 Å². The second-order valence-corrected chi connectivity index (χ2v) is 11.9. The minimum Gasteiger partial charge on any atom is -0.0654 e. The molecule has 5 saturated carbocycles. The Kier molecular flexibility index (Phi) is 7.15. The summed E-state index contributed by atoms with van der Waals surface area (Å²) in [5.74, 6) is 4.38. The first kappa shape index (κ1) is 21.2. The van der Waals surface area contributed by atoms with E-state index in [1.54, 1.807) is 89.9 Å². The molecule has 0 heteroatoms. The van der Waals surface area contributed by atoms with Crippen LogP contribution in [0.5, 0.6) is 0 Å². The Balaban J connectivity index is 1.26. The lowest BCUT2D eigenvalue weighted by molar-refractivity contribution is -0.0959. The molecule has 0 heterocycles. The van der Waals surface area contributed by atoms with E-state index in [2.05, 4.69) is 13.8 Å². The average Bonchev–Trinajstić information content (AvgIpc) is 2.76. The third-order valence-electron chi connectivity index (χ3n) is 10.7. The molecule has 5 aliphatic rings. The molecular weight excluding hydrogens is 336 g/mol. The van der Waals surface area contributed by atoms with E-state index < -0.39 is 0 Å². The van der Waals surface area contributed by atoms with Crippen LogP contribution < -0.4 is 0 Å². The van der Waals surface area contributed by atoms with Gasteiger partial charge in [-0.25, -0.2) is 0 Å². The molecule has 5 aliphatic carbocycles. The third-order valence-corrected chi connectivity index (χ3v) is 10.7. The van der Waals surface area contributed by atoms with Gasteiger partial charge in [0.05, 0.1) is 0 Å². The highest BCUT2D eigenvalue weighted by atomic mass is 14.6. The van der Waals surface area contributed by atoms with Gasteiger partial charge in [0.25, 0.3) is 0 Å². The lowest BCUT2D eigenvalue weighted by atomic mass is 9.45. The minimum atomic E-state index is 0.801. The lowest BCUT2D eigenvalue weighted by Crippen LogP contribution is -2.49. The maximum absolute atomic E-state index is 2.38. The van der Waals surface area contributed by atoms with Gasteiger partial charge in [-0.15, -0.1) is 0 Å². The monoisotopic (exact) mass is 386 g/mol. The number of fused-ring (bicyclic) bond motifs is 3. The Hall–Kier alpha value is 0. The zero-order valence-corrected chi connectivity index (χ0v) is 19.5. The summed E-state index contributed by atoms with van der Waals surface area (Å²) in [6, 6.07) is 0. The standard InChI is InChI=1S/C28H50/c1-3-5-6-8-24-11-15-26(16-12-24)28-20-17-27(18-21-28,19-22-28)25-13-9-23(7-4-2)10-14-25/h23-26H,3-22H2,1-2H3/t23?,24-,25?,26-,27?,28?. The van der Waals surface area contributed by atoms with Crippen LogP contribution in [0, 0.1) is 34.5 Å². The molecule has 5 rings (SSSR count). The minimum absolute atomic E-state index is 0.801. The van der Waals surface area contributed by atoms with Crippen LogP contribution in [-0.4, -0.2) is 0 Å². The highest BCUT2D eigenvalue weighted by Gasteiger charge is 2.54. The van der Waals surface area contributed by atoms with Crippen LogP contribution in [0.2, 0.25) is 0 Å². The Labute approximate surface area is 177 Å². The predicted octanol–water partition coefficient (Wildman–Crippen LogP) is 9.32. The molecule has 0 aliphatic heterocycles. The average molecular weight is 387 g/mol. The molecule has 5 fully saturated rings. The molecular formula is C28H50. The molecule has 0 aromatic carbocycles. The van der Waals surface area contributed by atoms with E-state index in [-0.39, 0.29) is 0 Å². The Morgan fingerprint density at radius 3 is 1.32 bits per heavy atom. The van der Waals surface area contributed by atoms with Gasteiger partial charge in [0.15, 0.2) is 0 Å². The zero-order chi connectivity index (χ0) is 19.5. The molecule has 0 amide bonds. The van der Waals surface area contributed by atoms with Gasteiger partial charge < -0.3 is 0 Å². The molecule has 162 valence electrons. The van der Waals surface area contributed by atoms with Crippen LogP contribution >= 0.6 is 0 Å². The second-order valence-electron chi connectivity index (χ2n) is 11.9. The fourth-order valence-corrected chi connectivity index (χ4v) is 8.69. The first-order valence-corrected chi connectivity index (χ1v) is 13.7. The quantitative estimate of drug-likeness (QED) is 0.364. The first-order valence-electron chi connectivity index (χ1n) is 13.7. The molecule has 0 atom stereocenters. The number of hydrogen-bond acceptors (Lipinski definition) is 0. The molecule has 0 unspecified atom stereocenters. The Bertz CT molecular complexity index is 436. The Morgan fingerprint density at radius 2 is 0.929 bits per heavy atom. The van der Waals surface area contributed by atoms with E-state index in [9.17, 15) is 0 Å². The summed E-state index contributed by atoms with van der Waals surface area (Å²) in [5, 5.41) is 0. The van der Waals surface area contributed by atoms with Gasteiger partial charge in [-0.3, -0.25) is 0 Å². The van der Waals surface area contributed by atoms with Crippen molar-refractivity contribution in [3.63, 3.8) is 0 Å². The fraction of sp³-hybridized carbons (Fsp3) is 1.00. The molecule has 28 heavy (non-hydrogen) atoms. The summed E-state index contributed by atoms with van der Waals surface area (Å²) in [4.78, 5) is 0. The van der Waals surface area contributed by atoms with Gasteiger partial charge in [0, 0.05) is 0 Å². The van der Waals surface area contributed by atoms with Crippen LogP contribution in [0.3, 0.4) is 0 Å². The molecule has 2 bridgehead atoms. The highest BCUT2D eigenvalue weighted by Crippen LogP contribution is 2.66. The SMILES string of the molecule is CCCCC[C@H]1CC[C@H](C23CCC(C4CCC(CCC)CC4)(CC2)CC3)CC1. The smallest absolute Gasteiger partial charge is 0.0269 e. The van der Waals surface area contributed by atoms with Crippen molar-refractivity contribution in [2.45, 2.75) is 142 Å². The maximum atomic E-state index is 2.38. The van der Waals surface area contributed by atoms with E-state index in [1.165, 1.54) is 38.5 Å². The normalized spacial score (nSPS) is 43.9. The van der Waals surface area contributed by atoms with Crippen molar-refractivity contribution in [2.24, 2.45) is 34.5 Å². The molecule has 0 nitrogen and oxygen atoms in total. The maximum Gasteiger partial charge on any atom is -0.0269 e. The number of rotatable bonds is 8. The lowest BCUT2D eigenvalue weighted by Gasteiger charge is -2.60. The van der Waals surface area contributed by atoms with Gasteiger partial charge in [-0.2, -0.15) is 0 Å². The van der Waals surface area contributed by atoms with Crippen LogP contribution in [0.1, 0.15) is 142 Å². The van der Waals surface area contributed by atoms with Gasteiger partial charge in [-0.1, -0.05) is 78.1 Å². The van der Waals surface area contributed by atoms with Crippen LogP contribution in [-0.2, 0) is 0 Å². The predicted molar refractivity (Wildman–Crippen MR) is 123 cm³/mol. The van der Waals surface area contributed by atoms with E-state index >= 15 is 0 Å².